The van der Waals surface area contributed by atoms with E-state index >= 15 is 0 Å². The lowest BCUT2D eigenvalue weighted by molar-refractivity contribution is 0.0561. The van der Waals surface area contributed by atoms with Gasteiger partial charge in [-0.2, -0.15) is 0 Å². The minimum Gasteiger partial charge on any atom is -0.463 e. The molecule has 1 aliphatic rings. The van der Waals surface area contributed by atoms with Gasteiger partial charge < -0.3 is 14.9 Å². The highest BCUT2D eigenvalue weighted by Gasteiger charge is 2.21. The summed E-state index contributed by atoms with van der Waals surface area (Å²) >= 11 is 0. The van der Waals surface area contributed by atoms with Crippen molar-refractivity contribution in [2.24, 2.45) is 5.73 Å². The normalized spacial score (nSPS) is 21.4. The number of hydrogen-bond donors (Lipinski definition) is 1. The fourth-order valence-electron chi connectivity index (χ4n) is 2.21. The van der Waals surface area contributed by atoms with E-state index in [1.807, 2.05) is 6.07 Å². The van der Waals surface area contributed by atoms with E-state index < -0.39 is 5.97 Å². The van der Waals surface area contributed by atoms with Gasteiger partial charge in [0.2, 0.25) is 5.76 Å². The van der Waals surface area contributed by atoms with Crippen molar-refractivity contribution < 1.29 is 13.9 Å². The molecule has 0 bridgehead atoms. The molecule has 17 heavy (non-hydrogen) atoms. The molecule has 0 aliphatic carbocycles. The topological polar surface area (TPSA) is 68.7 Å². The zero-order chi connectivity index (χ0) is 12.3. The Hall–Kier alpha value is -1.33. The summed E-state index contributed by atoms with van der Waals surface area (Å²) in [6.07, 6.45) is 3.70. The first kappa shape index (κ1) is 12.1. The van der Waals surface area contributed by atoms with Crippen molar-refractivity contribution in [2.45, 2.75) is 25.4 Å². The molecule has 2 rings (SSSR count). The number of nitrogens with zero attached hydrogens (tertiary/aromatic N) is 1. The van der Waals surface area contributed by atoms with Crippen LogP contribution in [0.3, 0.4) is 0 Å². The van der Waals surface area contributed by atoms with E-state index in [1.54, 1.807) is 0 Å². The maximum atomic E-state index is 11.4. The van der Waals surface area contributed by atoms with E-state index in [0.717, 1.165) is 31.5 Å². The molecular weight excluding hydrogens is 220 g/mol. The summed E-state index contributed by atoms with van der Waals surface area (Å²) in [5.74, 6) is -0.127. The summed E-state index contributed by atoms with van der Waals surface area (Å²) in [5, 5.41) is 0. The molecular formula is C12H18N2O3. The number of esters is 1. The first-order valence-corrected chi connectivity index (χ1v) is 5.83. The van der Waals surface area contributed by atoms with Crippen LogP contribution >= 0.6 is 0 Å². The summed E-state index contributed by atoms with van der Waals surface area (Å²) in [6.45, 7) is 2.57. The van der Waals surface area contributed by atoms with Crippen LogP contribution in [-0.4, -0.2) is 37.1 Å². The Morgan fingerprint density at radius 3 is 3.24 bits per heavy atom. The Morgan fingerprint density at radius 2 is 2.53 bits per heavy atom. The number of ether oxygens (including phenoxy) is 1. The van der Waals surface area contributed by atoms with E-state index in [2.05, 4.69) is 9.64 Å². The van der Waals surface area contributed by atoms with Crippen LogP contribution in [0, 0.1) is 0 Å². The van der Waals surface area contributed by atoms with Crippen LogP contribution in [0.15, 0.2) is 16.7 Å². The predicted octanol–water partition coefficient (Wildman–Crippen LogP) is 0.989. The molecule has 2 heterocycles. The van der Waals surface area contributed by atoms with Crippen molar-refractivity contribution >= 4 is 5.97 Å². The molecule has 1 fully saturated rings. The van der Waals surface area contributed by atoms with Crippen LogP contribution in [0.25, 0.3) is 0 Å². The highest BCUT2D eigenvalue weighted by Crippen LogP contribution is 2.17. The molecule has 5 nitrogen and oxygen atoms in total. The second-order valence-electron chi connectivity index (χ2n) is 4.40. The number of methoxy groups -OCH3 is 1. The lowest BCUT2D eigenvalue weighted by Gasteiger charge is -2.30. The SMILES string of the molecule is COC(=O)c1occc1CN1CCCC(N)C1. The zero-order valence-corrected chi connectivity index (χ0v) is 10.0. The van der Waals surface area contributed by atoms with Gasteiger partial charge in [0.1, 0.15) is 0 Å². The average molecular weight is 238 g/mol. The lowest BCUT2D eigenvalue weighted by atomic mass is 10.1. The molecule has 1 atom stereocenters. The monoisotopic (exact) mass is 238 g/mol. The first-order valence-electron chi connectivity index (χ1n) is 5.83. The number of carbonyl (C=O) groups is 1. The van der Waals surface area contributed by atoms with Crippen molar-refractivity contribution in [3.05, 3.63) is 23.7 Å². The standard InChI is InChI=1S/C12H18N2O3/c1-16-12(15)11-9(4-6-17-11)7-14-5-2-3-10(13)8-14/h4,6,10H,2-3,5,7-8,13H2,1H3. The predicted molar refractivity (Wildman–Crippen MR) is 62.5 cm³/mol. The maximum Gasteiger partial charge on any atom is 0.374 e. The minimum absolute atomic E-state index is 0.234. The summed E-state index contributed by atoms with van der Waals surface area (Å²) in [6, 6.07) is 2.05. The number of likely N-dealkylation sites (tertiary alicyclic amines) is 1. The van der Waals surface area contributed by atoms with E-state index in [-0.39, 0.29) is 6.04 Å². The number of carbonyl (C=O) groups excluding carboxylic acids is 1. The average Bonchev–Trinajstić information content (AvgIpc) is 2.76. The fraction of sp³-hybridized carbons (Fsp3) is 0.583. The third-order valence-corrected chi connectivity index (χ3v) is 3.05. The van der Waals surface area contributed by atoms with Crippen molar-refractivity contribution in [1.29, 1.82) is 0 Å². The number of furan rings is 1. The summed E-state index contributed by atoms with van der Waals surface area (Å²) in [7, 11) is 1.35. The van der Waals surface area contributed by atoms with E-state index in [0.29, 0.717) is 12.3 Å². The Balaban J connectivity index is 2.03. The minimum atomic E-state index is -0.425. The van der Waals surface area contributed by atoms with Gasteiger partial charge in [-0.05, 0) is 25.5 Å². The van der Waals surface area contributed by atoms with Gasteiger partial charge in [-0.1, -0.05) is 0 Å². The molecule has 0 saturated carbocycles. The van der Waals surface area contributed by atoms with Gasteiger partial charge in [-0.25, -0.2) is 4.79 Å². The van der Waals surface area contributed by atoms with Gasteiger partial charge in [-0.3, -0.25) is 4.90 Å². The molecule has 1 unspecified atom stereocenters. The number of piperidine rings is 1. The molecule has 0 spiro atoms. The Labute approximate surface area is 101 Å². The summed E-state index contributed by atoms with van der Waals surface area (Å²) in [4.78, 5) is 13.7. The molecule has 94 valence electrons. The molecule has 1 aliphatic heterocycles. The van der Waals surface area contributed by atoms with E-state index in [4.69, 9.17) is 10.2 Å². The van der Waals surface area contributed by atoms with Crippen molar-refractivity contribution in [3.8, 4) is 0 Å². The highest BCUT2D eigenvalue weighted by molar-refractivity contribution is 5.87. The second kappa shape index (κ2) is 5.33. The van der Waals surface area contributed by atoms with E-state index in [9.17, 15) is 4.79 Å². The van der Waals surface area contributed by atoms with Crippen molar-refractivity contribution in [1.82, 2.24) is 4.90 Å². The van der Waals surface area contributed by atoms with Crippen LogP contribution in [0.2, 0.25) is 0 Å². The van der Waals surface area contributed by atoms with Crippen LogP contribution in [-0.2, 0) is 11.3 Å². The first-order chi connectivity index (χ1) is 8.20. The largest absolute Gasteiger partial charge is 0.463 e. The number of rotatable bonds is 3. The quantitative estimate of drug-likeness (QED) is 0.795. The third-order valence-electron chi connectivity index (χ3n) is 3.05. The Kier molecular flexibility index (Phi) is 3.81. The molecule has 2 N–H and O–H groups in total. The number of nitrogens with two attached hydrogens (primary N) is 1. The maximum absolute atomic E-state index is 11.4. The highest BCUT2D eigenvalue weighted by atomic mass is 16.5. The number of hydrogen-bond acceptors (Lipinski definition) is 5. The van der Waals surface area contributed by atoms with Crippen LogP contribution in [0.4, 0.5) is 0 Å². The summed E-state index contributed by atoms with van der Waals surface area (Å²) in [5.41, 5.74) is 6.79. The second-order valence-corrected chi connectivity index (χ2v) is 4.40. The molecule has 1 aromatic rings. The molecule has 1 saturated heterocycles. The smallest absolute Gasteiger partial charge is 0.374 e. The van der Waals surface area contributed by atoms with Crippen LogP contribution in [0.1, 0.15) is 29.0 Å². The lowest BCUT2D eigenvalue weighted by Crippen LogP contribution is -2.42. The summed E-state index contributed by atoms with van der Waals surface area (Å²) < 4.78 is 9.82. The van der Waals surface area contributed by atoms with Crippen molar-refractivity contribution in [3.63, 3.8) is 0 Å². The van der Waals surface area contributed by atoms with Gasteiger partial charge in [-0.15, -0.1) is 0 Å². The van der Waals surface area contributed by atoms with Crippen molar-refractivity contribution in [2.75, 3.05) is 20.2 Å². The fourth-order valence-corrected chi connectivity index (χ4v) is 2.21. The van der Waals surface area contributed by atoms with Crippen LogP contribution < -0.4 is 5.73 Å². The van der Waals surface area contributed by atoms with E-state index in [1.165, 1.54) is 13.4 Å². The third kappa shape index (κ3) is 2.87. The van der Waals surface area contributed by atoms with Gasteiger partial charge in [0.05, 0.1) is 13.4 Å². The van der Waals surface area contributed by atoms with Crippen LogP contribution in [0.5, 0.6) is 0 Å². The van der Waals surface area contributed by atoms with Gasteiger partial charge >= 0.3 is 5.97 Å². The molecule has 1 aromatic heterocycles. The molecule has 5 heteroatoms. The van der Waals surface area contributed by atoms with Gasteiger partial charge in [0, 0.05) is 24.7 Å². The molecule has 0 aromatic carbocycles. The van der Waals surface area contributed by atoms with Gasteiger partial charge in [0.15, 0.2) is 0 Å². The molecule has 0 radical (unpaired) electrons. The van der Waals surface area contributed by atoms with Gasteiger partial charge in [0.25, 0.3) is 0 Å². The Morgan fingerprint density at radius 1 is 1.71 bits per heavy atom. The Bertz CT molecular complexity index is 389. The molecule has 0 amide bonds. The zero-order valence-electron chi connectivity index (χ0n) is 10.0.